The van der Waals surface area contributed by atoms with E-state index in [0.717, 1.165) is 47.4 Å². The van der Waals surface area contributed by atoms with Gasteiger partial charge in [0.2, 0.25) is 17.7 Å². The molecule has 1 saturated heterocycles. The maximum Gasteiger partial charge on any atom is 0.307 e. The lowest BCUT2D eigenvalue weighted by molar-refractivity contribution is -0.144. The molecule has 1 aromatic heterocycles. The number of aliphatic hydroxyl groups excluding tert-OH is 1. The van der Waals surface area contributed by atoms with E-state index in [1.165, 1.54) is 4.90 Å². The molecular weight excluding hydrogens is 657 g/mol. The van der Waals surface area contributed by atoms with Gasteiger partial charge in [0.1, 0.15) is 17.8 Å². The summed E-state index contributed by atoms with van der Waals surface area (Å²) in [4.78, 5) is 57.9. The Bertz CT molecular complexity index is 1600. The molecule has 3 aromatic rings. The van der Waals surface area contributed by atoms with Crippen LogP contribution in [0.4, 0.5) is 0 Å². The van der Waals surface area contributed by atoms with Crippen molar-refractivity contribution in [3.63, 3.8) is 0 Å². The van der Waals surface area contributed by atoms with Crippen LogP contribution in [-0.4, -0.2) is 75.1 Å². The van der Waals surface area contributed by atoms with Gasteiger partial charge in [0.05, 0.1) is 35.2 Å². The smallest absolute Gasteiger partial charge is 0.307 e. The molecule has 3 unspecified atom stereocenters. The number of hydrogen-bond donors (Lipinski definition) is 4. The van der Waals surface area contributed by atoms with Crippen LogP contribution in [0.15, 0.2) is 54.0 Å². The quantitative estimate of drug-likeness (QED) is 0.138. The van der Waals surface area contributed by atoms with Crippen LogP contribution in [0.3, 0.4) is 0 Å². The number of rotatable bonds is 17. The summed E-state index contributed by atoms with van der Waals surface area (Å²) in [5.41, 5.74) is 4.84. The molecule has 50 heavy (non-hydrogen) atoms. The van der Waals surface area contributed by atoms with Gasteiger partial charge in [-0.2, -0.15) is 0 Å². The molecule has 4 N–H and O–H groups in total. The third-order valence-electron chi connectivity index (χ3n) is 8.78. The summed E-state index contributed by atoms with van der Waals surface area (Å²) >= 11 is 1.58. The lowest BCUT2D eigenvalue weighted by atomic mass is 9.85. The molecule has 1 aliphatic heterocycles. The second kappa shape index (κ2) is 18.1. The summed E-state index contributed by atoms with van der Waals surface area (Å²) < 4.78 is 5.76. The normalized spacial score (nSPS) is 16.5. The maximum absolute atomic E-state index is 13.9. The van der Waals surface area contributed by atoms with Crippen molar-refractivity contribution < 1.29 is 34.1 Å². The molecule has 0 radical (unpaired) electrons. The van der Waals surface area contributed by atoms with Gasteiger partial charge >= 0.3 is 5.97 Å². The van der Waals surface area contributed by atoms with Crippen molar-refractivity contribution in [3.8, 4) is 16.2 Å². The zero-order valence-electron chi connectivity index (χ0n) is 29.4. The fourth-order valence-electron chi connectivity index (χ4n) is 6.04. The van der Waals surface area contributed by atoms with Crippen LogP contribution in [0, 0.1) is 12.3 Å². The van der Waals surface area contributed by atoms with Crippen LogP contribution in [0.25, 0.3) is 10.4 Å². The van der Waals surface area contributed by atoms with Crippen molar-refractivity contribution in [2.45, 2.75) is 104 Å². The highest BCUT2D eigenvalue weighted by Gasteiger charge is 2.44. The molecule has 11 nitrogen and oxygen atoms in total. The van der Waals surface area contributed by atoms with E-state index in [4.69, 9.17) is 9.84 Å². The molecule has 0 spiro atoms. The number of nitrogens with one attached hydrogen (secondary N) is 2. The number of carbonyl (C=O) groups is 4. The number of aliphatic hydroxyl groups is 1. The molecule has 2 heterocycles. The Morgan fingerprint density at radius 1 is 1.02 bits per heavy atom. The minimum absolute atomic E-state index is 0.0275. The van der Waals surface area contributed by atoms with Gasteiger partial charge < -0.3 is 30.5 Å². The Morgan fingerprint density at radius 3 is 2.42 bits per heavy atom. The van der Waals surface area contributed by atoms with E-state index in [1.54, 1.807) is 29.5 Å². The molecule has 2 aromatic carbocycles. The number of carbonyl (C=O) groups excluding carboxylic acids is 3. The summed E-state index contributed by atoms with van der Waals surface area (Å²) in [6.45, 7) is 8.43. The number of amides is 3. The Hall–Kier alpha value is -4.29. The van der Waals surface area contributed by atoms with E-state index < -0.39 is 29.6 Å². The van der Waals surface area contributed by atoms with Gasteiger partial charge in [-0.25, -0.2) is 4.98 Å². The van der Waals surface area contributed by atoms with Crippen molar-refractivity contribution in [1.82, 2.24) is 20.5 Å². The molecule has 3 atom stereocenters. The van der Waals surface area contributed by atoms with Crippen LogP contribution < -0.4 is 15.4 Å². The largest absolute Gasteiger partial charge is 0.494 e. The van der Waals surface area contributed by atoms with Crippen LogP contribution in [0.5, 0.6) is 5.75 Å². The number of likely N-dealkylation sites (tertiary alicyclic amines) is 1. The predicted molar refractivity (Wildman–Crippen MR) is 193 cm³/mol. The zero-order chi connectivity index (χ0) is 36.3. The number of aliphatic carboxylic acids is 1. The molecule has 12 heteroatoms. The second-order valence-corrected chi connectivity index (χ2v) is 14.9. The van der Waals surface area contributed by atoms with E-state index in [0.29, 0.717) is 24.3 Å². The van der Waals surface area contributed by atoms with Gasteiger partial charge in [-0.05, 0) is 54.0 Å². The van der Waals surface area contributed by atoms with Crippen molar-refractivity contribution in [3.05, 3.63) is 70.9 Å². The van der Waals surface area contributed by atoms with Crippen molar-refractivity contribution in [2.75, 3.05) is 13.2 Å². The minimum atomic E-state index is -0.881. The number of unbranched alkanes of at least 4 members (excludes halogenated alkanes) is 4. The summed E-state index contributed by atoms with van der Waals surface area (Å²) in [7, 11) is 0. The van der Waals surface area contributed by atoms with Crippen LogP contribution in [-0.2, 0) is 32.1 Å². The lowest BCUT2D eigenvalue weighted by Crippen LogP contribution is -2.57. The van der Waals surface area contributed by atoms with Gasteiger partial charge in [0, 0.05) is 25.9 Å². The molecule has 0 bridgehead atoms. The summed E-state index contributed by atoms with van der Waals surface area (Å²) in [5, 5.41) is 25.3. The lowest BCUT2D eigenvalue weighted by Gasteiger charge is -2.35. The first-order chi connectivity index (χ1) is 23.8. The standard InChI is InChI=1S/C38H50N4O7S/c1-25-34(50-24-40-25)28-16-14-26(15-17-28)22-39-36(47)31-21-29(43)23-42(31)37(48)35(38(2,3)4)41-32(44)13-8-6-5-7-9-18-49-30-12-10-11-27(19-30)20-33(45)46/h10-12,14-17,19,24,29,31,35,43H,5-9,13,18,20-23H2,1-4H3,(H,39,47)(H,41,44)(H,45,46). The number of ether oxygens (including phenoxy) is 1. The van der Waals surface area contributed by atoms with Crippen molar-refractivity contribution in [2.24, 2.45) is 5.41 Å². The molecule has 270 valence electrons. The molecule has 3 amide bonds. The van der Waals surface area contributed by atoms with E-state index in [-0.39, 0.29) is 50.1 Å². The van der Waals surface area contributed by atoms with E-state index in [1.807, 2.05) is 63.5 Å². The van der Waals surface area contributed by atoms with Gasteiger partial charge in [-0.3, -0.25) is 19.2 Å². The number of carboxylic acids is 1. The monoisotopic (exact) mass is 706 g/mol. The molecule has 0 saturated carbocycles. The Balaban J connectivity index is 1.20. The number of aromatic nitrogens is 1. The molecule has 1 aliphatic rings. The van der Waals surface area contributed by atoms with Crippen LogP contribution >= 0.6 is 11.3 Å². The van der Waals surface area contributed by atoms with Crippen LogP contribution in [0.1, 0.15) is 82.5 Å². The number of aryl methyl sites for hydroxylation is 1. The topological polar surface area (TPSA) is 158 Å². The summed E-state index contributed by atoms with van der Waals surface area (Å²) in [6, 6.07) is 13.3. The molecule has 0 aliphatic carbocycles. The number of hydrogen-bond acceptors (Lipinski definition) is 8. The third-order valence-corrected chi connectivity index (χ3v) is 9.76. The third kappa shape index (κ3) is 11.4. The number of nitrogens with zero attached hydrogens (tertiary/aromatic N) is 2. The molecular formula is C38H50N4O7S. The summed E-state index contributed by atoms with van der Waals surface area (Å²) in [6.07, 6.45) is 3.76. The fraction of sp³-hybridized carbons (Fsp3) is 0.500. The highest BCUT2D eigenvalue weighted by molar-refractivity contribution is 7.13. The highest BCUT2D eigenvalue weighted by atomic mass is 32.1. The van der Waals surface area contributed by atoms with Crippen molar-refractivity contribution in [1.29, 1.82) is 0 Å². The number of thiazole rings is 1. The first kappa shape index (κ1) is 38.5. The van der Waals surface area contributed by atoms with Gasteiger partial charge in [0.25, 0.3) is 0 Å². The van der Waals surface area contributed by atoms with Gasteiger partial charge in [-0.15, -0.1) is 11.3 Å². The SMILES string of the molecule is Cc1ncsc1-c1ccc(CNC(=O)C2CC(O)CN2C(=O)C(NC(=O)CCCCCCCOc2cccc(CC(=O)O)c2)C(C)(C)C)cc1. The predicted octanol–water partition coefficient (Wildman–Crippen LogP) is 5.27. The Kier molecular flexibility index (Phi) is 13.9. The zero-order valence-corrected chi connectivity index (χ0v) is 30.3. The number of β-amino-alcohol motifs (C(OH)–C–C–N with tert-alkyl or cyclic N) is 1. The van der Waals surface area contributed by atoms with Gasteiger partial charge in [-0.1, -0.05) is 76.4 Å². The Labute approximate surface area is 298 Å². The second-order valence-electron chi connectivity index (χ2n) is 14.0. The molecule has 4 rings (SSSR count). The average Bonchev–Trinajstić information content (AvgIpc) is 3.68. The first-order valence-corrected chi connectivity index (χ1v) is 18.2. The average molecular weight is 707 g/mol. The fourth-order valence-corrected chi connectivity index (χ4v) is 6.85. The first-order valence-electron chi connectivity index (χ1n) is 17.3. The Morgan fingerprint density at radius 2 is 1.74 bits per heavy atom. The number of carboxylic acid groups (broad SMARTS) is 1. The van der Waals surface area contributed by atoms with E-state index >= 15 is 0 Å². The van der Waals surface area contributed by atoms with Crippen LogP contribution in [0.2, 0.25) is 0 Å². The number of benzene rings is 2. The minimum Gasteiger partial charge on any atom is -0.494 e. The van der Waals surface area contributed by atoms with E-state index in [2.05, 4.69) is 15.6 Å². The van der Waals surface area contributed by atoms with Gasteiger partial charge in [0.15, 0.2) is 0 Å². The van der Waals surface area contributed by atoms with Crippen molar-refractivity contribution >= 4 is 35.0 Å². The maximum atomic E-state index is 13.9. The highest BCUT2D eigenvalue weighted by Crippen LogP contribution is 2.28. The summed E-state index contributed by atoms with van der Waals surface area (Å²) in [5.74, 6) is -1.16. The molecule has 1 fully saturated rings. The van der Waals surface area contributed by atoms with E-state index in [9.17, 15) is 24.3 Å².